The average Bonchev–Trinajstić information content (AvgIpc) is 3.18. The highest BCUT2D eigenvalue weighted by atomic mass is 32.1. The summed E-state index contributed by atoms with van der Waals surface area (Å²) < 4.78 is 11.1. The van der Waals surface area contributed by atoms with E-state index in [2.05, 4.69) is 5.32 Å². The Bertz CT molecular complexity index is 691. The van der Waals surface area contributed by atoms with Crippen molar-refractivity contribution in [3.8, 4) is 21.9 Å². The van der Waals surface area contributed by atoms with Crippen LogP contribution in [0.2, 0.25) is 0 Å². The third-order valence-corrected chi connectivity index (χ3v) is 4.70. The molecule has 2 aromatic rings. The van der Waals surface area contributed by atoms with Crippen LogP contribution in [0.4, 0.5) is 0 Å². The van der Waals surface area contributed by atoms with Gasteiger partial charge in [0.05, 0.1) is 4.88 Å². The Morgan fingerprint density at radius 1 is 1.10 bits per heavy atom. The molecule has 1 aromatic carbocycles. The number of benzene rings is 1. The SMILES string of the molecule is O=C(NC1CC1)c1ccc(-c2ccc3c(c2)OCCO3)s1. The van der Waals surface area contributed by atoms with Crippen LogP contribution < -0.4 is 14.8 Å². The second-order valence-corrected chi connectivity index (χ2v) is 6.35. The number of carbonyl (C=O) groups is 1. The third kappa shape index (κ3) is 2.61. The normalized spacial score (nSPS) is 16.6. The fourth-order valence-corrected chi connectivity index (χ4v) is 3.20. The van der Waals surface area contributed by atoms with Crippen LogP contribution in [0.15, 0.2) is 30.3 Å². The molecule has 108 valence electrons. The van der Waals surface area contributed by atoms with Gasteiger partial charge in [0.2, 0.25) is 0 Å². The lowest BCUT2D eigenvalue weighted by Crippen LogP contribution is -2.24. The zero-order valence-electron chi connectivity index (χ0n) is 11.4. The molecule has 4 nitrogen and oxygen atoms in total. The number of amides is 1. The van der Waals surface area contributed by atoms with Crippen molar-refractivity contribution < 1.29 is 14.3 Å². The highest BCUT2D eigenvalue weighted by Crippen LogP contribution is 2.37. The van der Waals surface area contributed by atoms with Crippen molar-refractivity contribution in [2.45, 2.75) is 18.9 Å². The van der Waals surface area contributed by atoms with Crippen LogP contribution >= 0.6 is 11.3 Å². The van der Waals surface area contributed by atoms with E-state index in [0.29, 0.717) is 19.3 Å². The number of rotatable bonds is 3. The summed E-state index contributed by atoms with van der Waals surface area (Å²) in [5.41, 5.74) is 1.05. The van der Waals surface area contributed by atoms with E-state index in [1.807, 2.05) is 30.3 Å². The maximum absolute atomic E-state index is 12.0. The molecule has 0 atom stereocenters. The second-order valence-electron chi connectivity index (χ2n) is 5.27. The van der Waals surface area contributed by atoms with Gasteiger partial charge >= 0.3 is 0 Å². The van der Waals surface area contributed by atoms with Crippen LogP contribution in [0.3, 0.4) is 0 Å². The number of fused-ring (bicyclic) bond motifs is 1. The highest BCUT2D eigenvalue weighted by molar-refractivity contribution is 7.17. The summed E-state index contributed by atoms with van der Waals surface area (Å²) in [5.74, 6) is 1.59. The Morgan fingerprint density at radius 3 is 2.71 bits per heavy atom. The van der Waals surface area contributed by atoms with E-state index in [0.717, 1.165) is 39.7 Å². The molecule has 1 fully saturated rings. The molecule has 0 spiro atoms. The van der Waals surface area contributed by atoms with Crippen molar-refractivity contribution in [2.24, 2.45) is 0 Å². The topological polar surface area (TPSA) is 47.6 Å². The Balaban J connectivity index is 1.58. The molecule has 21 heavy (non-hydrogen) atoms. The van der Waals surface area contributed by atoms with Gasteiger partial charge in [-0.05, 0) is 48.7 Å². The summed E-state index contributed by atoms with van der Waals surface area (Å²) in [4.78, 5) is 13.8. The number of hydrogen-bond acceptors (Lipinski definition) is 4. The number of nitrogens with one attached hydrogen (secondary N) is 1. The van der Waals surface area contributed by atoms with Crippen LogP contribution in [-0.4, -0.2) is 25.2 Å². The molecular formula is C16H15NO3S. The Hall–Kier alpha value is -2.01. The number of thiophene rings is 1. The van der Waals surface area contributed by atoms with E-state index >= 15 is 0 Å². The summed E-state index contributed by atoms with van der Waals surface area (Å²) >= 11 is 1.51. The van der Waals surface area contributed by atoms with Gasteiger partial charge < -0.3 is 14.8 Å². The van der Waals surface area contributed by atoms with Crippen molar-refractivity contribution >= 4 is 17.2 Å². The molecule has 0 saturated heterocycles. The molecule has 0 unspecified atom stereocenters. The second kappa shape index (κ2) is 5.07. The zero-order valence-corrected chi connectivity index (χ0v) is 12.2. The predicted octanol–water partition coefficient (Wildman–Crippen LogP) is 3.08. The summed E-state index contributed by atoms with van der Waals surface area (Å²) in [7, 11) is 0. The van der Waals surface area contributed by atoms with Crippen LogP contribution in [-0.2, 0) is 0 Å². The molecule has 1 saturated carbocycles. The zero-order chi connectivity index (χ0) is 14.2. The standard InChI is InChI=1S/C16H15NO3S/c18-16(17-11-2-3-11)15-6-5-14(21-15)10-1-4-12-13(9-10)20-8-7-19-12/h1,4-6,9,11H,2-3,7-8H2,(H,17,18). The molecular weight excluding hydrogens is 286 g/mol. The van der Waals surface area contributed by atoms with Crippen LogP contribution in [0.25, 0.3) is 10.4 Å². The lowest BCUT2D eigenvalue weighted by molar-refractivity contribution is 0.0955. The van der Waals surface area contributed by atoms with Crippen LogP contribution in [0, 0.1) is 0 Å². The minimum absolute atomic E-state index is 0.0336. The molecule has 2 aliphatic rings. The van der Waals surface area contributed by atoms with Crippen molar-refractivity contribution in [1.29, 1.82) is 0 Å². The Labute approximate surface area is 126 Å². The van der Waals surface area contributed by atoms with Crippen molar-refractivity contribution in [2.75, 3.05) is 13.2 Å². The summed E-state index contributed by atoms with van der Waals surface area (Å²) in [5, 5.41) is 3.01. The van der Waals surface area contributed by atoms with Crippen molar-refractivity contribution in [3.63, 3.8) is 0 Å². The van der Waals surface area contributed by atoms with E-state index in [9.17, 15) is 4.79 Å². The molecule has 4 rings (SSSR count). The minimum atomic E-state index is 0.0336. The highest BCUT2D eigenvalue weighted by Gasteiger charge is 2.24. The van der Waals surface area contributed by atoms with Gasteiger partial charge in [0, 0.05) is 10.9 Å². The number of carbonyl (C=O) groups excluding carboxylic acids is 1. The number of hydrogen-bond donors (Lipinski definition) is 1. The quantitative estimate of drug-likeness (QED) is 0.947. The van der Waals surface area contributed by atoms with Gasteiger partial charge in [-0.25, -0.2) is 0 Å². The first kappa shape index (κ1) is 12.7. The first-order valence-electron chi connectivity index (χ1n) is 7.10. The summed E-state index contributed by atoms with van der Waals surface area (Å²) in [6, 6.07) is 10.2. The average molecular weight is 301 g/mol. The molecule has 2 heterocycles. The van der Waals surface area contributed by atoms with Gasteiger partial charge in [-0.3, -0.25) is 4.79 Å². The molecule has 0 bridgehead atoms. The first-order valence-corrected chi connectivity index (χ1v) is 7.92. The van der Waals surface area contributed by atoms with E-state index in [4.69, 9.17) is 9.47 Å². The van der Waals surface area contributed by atoms with Gasteiger partial charge in [0.1, 0.15) is 13.2 Å². The molecule has 1 aliphatic heterocycles. The third-order valence-electron chi connectivity index (χ3n) is 3.57. The van der Waals surface area contributed by atoms with E-state index < -0.39 is 0 Å². The minimum Gasteiger partial charge on any atom is -0.486 e. The van der Waals surface area contributed by atoms with Crippen LogP contribution in [0.5, 0.6) is 11.5 Å². The smallest absolute Gasteiger partial charge is 0.261 e. The van der Waals surface area contributed by atoms with Gasteiger partial charge in [-0.2, -0.15) is 0 Å². The van der Waals surface area contributed by atoms with E-state index in [1.54, 1.807) is 0 Å². The fourth-order valence-electron chi connectivity index (χ4n) is 2.30. The van der Waals surface area contributed by atoms with Gasteiger partial charge in [-0.15, -0.1) is 11.3 Å². The first-order chi connectivity index (χ1) is 10.3. The summed E-state index contributed by atoms with van der Waals surface area (Å²) in [6.45, 7) is 1.17. The molecule has 1 aliphatic carbocycles. The van der Waals surface area contributed by atoms with E-state index in [1.165, 1.54) is 11.3 Å². The van der Waals surface area contributed by atoms with Crippen molar-refractivity contribution in [1.82, 2.24) is 5.32 Å². The molecule has 5 heteroatoms. The molecule has 1 N–H and O–H groups in total. The van der Waals surface area contributed by atoms with Gasteiger partial charge in [0.15, 0.2) is 11.5 Å². The fraction of sp³-hybridized carbons (Fsp3) is 0.312. The lowest BCUT2D eigenvalue weighted by Gasteiger charge is -2.18. The predicted molar refractivity (Wildman–Crippen MR) is 81.2 cm³/mol. The van der Waals surface area contributed by atoms with Crippen LogP contribution in [0.1, 0.15) is 22.5 Å². The molecule has 0 radical (unpaired) electrons. The summed E-state index contributed by atoms with van der Waals surface area (Å²) in [6.07, 6.45) is 2.21. The largest absolute Gasteiger partial charge is 0.486 e. The lowest BCUT2D eigenvalue weighted by atomic mass is 10.1. The maximum atomic E-state index is 12.0. The van der Waals surface area contributed by atoms with Crippen molar-refractivity contribution in [3.05, 3.63) is 35.2 Å². The Morgan fingerprint density at radius 2 is 1.90 bits per heavy atom. The molecule has 1 aromatic heterocycles. The number of ether oxygens (including phenoxy) is 2. The van der Waals surface area contributed by atoms with Gasteiger partial charge in [-0.1, -0.05) is 0 Å². The van der Waals surface area contributed by atoms with E-state index in [-0.39, 0.29) is 5.91 Å². The monoisotopic (exact) mass is 301 g/mol. The Kier molecular flexibility index (Phi) is 3.07. The maximum Gasteiger partial charge on any atom is 0.261 e. The molecule has 1 amide bonds. The van der Waals surface area contributed by atoms with Gasteiger partial charge in [0.25, 0.3) is 5.91 Å².